The minimum atomic E-state index is 0.189. The van der Waals surface area contributed by atoms with Gasteiger partial charge in [-0.15, -0.1) is 0 Å². The van der Waals surface area contributed by atoms with Crippen molar-refractivity contribution in [1.29, 1.82) is 0 Å². The van der Waals surface area contributed by atoms with Crippen LogP contribution in [0.15, 0.2) is 22.7 Å². The summed E-state index contributed by atoms with van der Waals surface area (Å²) in [5.41, 5.74) is 1.16. The van der Waals surface area contributed by atoms with Crippen LogP contribution < -0.4 is 10.1 Å². The highest BCUT2D eigenvalue weighted by Gasteiger charge is 2.06. The number of halogens is 1. The molecule has 2 nitrogen and oxygen atoms in total. The summed E-state index contributed by atoms with van der Waals surface area (Å²) in [6, 6.07) is 6.10. The standard InChI is InChI=1S/C14H22BrNO/c1-10(2)8-16-9-12(4)17-14-6-5-13(15)7-11(14)3/h5-7,10,12,16H,8-9H2,1-4H3. The van der Waals surface area contributed by atoms with Gasteiger partial charge in [-0.1, -0.05) is 29.8 Å². The van der Waals surface area contributed by atoms with Crippen molar-refractivity contribution in [3.63, 3.8) is 0 Å². The zero-order valence-corrected chi connectivity index (χ0v) is 12.7. The Kier molecular flexibility index (Phi) is 6.00. The van der Waals surface area contributed by atoms with Gasteiger partial charge in [0.25, 0.3) is 0 Å². The quantitative estimate of drug-likeness (QED) is 0.863. The first-order valence-electron chi connectivity index (χ1n) is 6.12. The Labute approximate surface area is 113 Å². The highest BCUT2D eigenvalue weighted by molar-refractivity contribution is 9.10. The first-order chi connectivity index (χ1) is 7.99. The summed E-state index contributed by atoms with van der Waals surface area (Å²) in [7, 11) is 0. The second kappa shape index (κ2) is 7.02. The molecule has 0 aliphatic rings. The van der Waals surface area contributed by atoms with E-state index in [4.69, 9.17) is 4.74 Å². The van der Waals surface area contributed by atoms with Crippen LogP contribution in [0.4, 0.5) is 0 Å². The molecular weight excluding hydrogens is 278 g/mol. The van der Waals surface area contributed by atoms with E-state index in [-0.39, 0.29) is 6.10 Å². The fraction of sp³-hybridized carbons (Fsp3) is 0.571. The van der Waals surface area contributed by atoms with Crippen LogP contribution in [-0.4, -0.2) is 19.2 Å². The van der Waals surface area contributed by atoms with Crippen molar-refractivity contribution in [2.45, 2.75) is 33.8 Å². The van der Waals surface area contributed by atoms with Crippen molar-refractivity contribution in [3.05, 3.63) is 28.2 Å². The molecule has 1 atom stereocenters. The zero-order chi connectivity index (χ0) is 12.8. The molecule has 0 fully saturated rings. The molecule has 0 aliphatic heterocycles. The second-order valence-electron chi connectivity index (χ2n) is 4.89. The minimum absolute atomic E-state index is 0.189. The van der Waals surface area contributed by atoms with E-state index in [9.17, 15) is 0 Å². The summed E-state index contributed by atoms with van der Waals surface area (Å²) in [5, 5.41) is 3.40. The van der Waals surface area contributed by atoms with Gasteiger partial charge in [-0.3, -0.25) is 0 Å². The predicted octanol–water partition coefficient (Wildman–Crippen LogP) is 3.77. The molecule has 0 aromatic heterocycles. The second-order valence-corrected chi connectivity index (χ2v) is 5.81. The van der Waals surface area contributed by atoms with Gasteiger partial charge in [0.1, 0.15) is 11.9 Å². The number of nitrogens with one attached hydrogen (secondary N) is 1. The topological polar surface area (TPSA) is 21.3 Å². The number of aryl methyl sites for hydroxylation is 1. The summed E-state index contributed by atoms with van der Waals surface area (Å²) in [5.74, 6) is 1.64. The highest BCUT2D eigenvalue weighted by atomic mass is 79.9. The summed E-state index contributed by atoms with van der Waals surface area (Å²) in [4.78, 5) is 0. The fourth-order valence-electron chi connectivity index (χ4n) is 1.58. The van der Waals surface area contributed by atoms with Crippen molar-refractivity contribution in [3.8, 4) is 5.75 Å². The lowest BCUT2D eigenvalue weighted by atomic mass is 10.2. The van der Waals surface area contributed by atoms with Crippen LogP contribution in [0, 0.1) is 12.8 Å². The van der Waals surface area contributed by atoms with Crippen molar-refractivity contribution < 1.29 is 4.74 Å². The molecule has 1 N–H and O–H groups in total. The van der Waals surface area contributed by atoms with Crippen LogP contribution in [0.2, 0.25) is 0 Å². The molecule has 3 heteroatoms. The van der Waals surface area contributed by atoms with Crippen LogP contribution in [0.3, 0.4) is 0 Å². The van der Waals surface area contributed by atoms with E-state index >= 15 is 0 Å². The molecule has 0 aliphatic carbocycles. The van der Waals surface area contributed by atoms with E-state index in [1.54, 1.807) is 0 Å². The Hall–Kier alpha value is -0.540. The fourth-order valence-corrected chi connectivity index (χ4v) is 2.05. The maximum Gasteiger partial charge on any atom is 0.122 e. The van der Waals surface area contributed by atoms with E-state index in [1.165, 1.54) is 0 Å². The first-order valence-corrected chi connectivity index (χ1v) is 6.92. The first kappa shape index (κ1) is 14.5. The summed E-state index contributed by atoms with van der Waals surface area (Å²) in [6.07, 6.45) is 0.189. The average molecular weight is 300 g/mol. The van der Waals surface area contributed by atoms with E-state index < -0.39 is 0 Å². The van der Waals surface area contributed by atoms with Crippen molar-refractivity contribution in [2.24, 2.45) is 5.92 Å². The molecule has 0 radical (unpaired) electrons. The minimum Gasteiger partial charge on any atom is -0.489 e. The molecule has 0 saturated heterocycles. The molecule has 1 unspecified atom stereocenters. The summed E-state index contributed by atoms with van der Waals surface area (Å²) in [6.45, 7) is 10.5. The maximum atomic E-state index is 5.90. The largest absolute Gasteiger partial charge is 0.489 e. The van der Waals surface area contributed by atoms with Crippen molar-refractivity contribution in [1.82, 2.24) is 5.32 Å². The van der Waals surface area contributed by atoms with E-state index in [1.807, 2.05) is 12.1 Å². The Balaban J connectivity index is 2.42. The van der Waals surface area contributed by atoms with E-state index in [0.717, 1.165) is 28.9 Å². The van der Waals surface area contributed by atoms with Gasteiger partial charge in [-0.05, 0) is 50.1 Å². The number of rotatable bonds is 6. The number of hydrogen-bond donors (Lipinski definition) is 1. The molecule has 0 spiro atoms. The van der Waals surface area contributed by atoms with Gasteiger partial charge < -0.3 is 10.1 Å². The van der Waals surface area contributed by atoms with Gasteiger partial charge in [0.15, 0.2) is 0 Å². The Bertz CT molecular complexity index is 352. The normalized spacial score (nSPS) is 12.8. The molecular formula is C14H22BrNO. The van der Waals surface area contributed by atoms with Gasteiger partial charge in [0.05, 0.1) is 0 Å². The lowest BCUT2D eigenvalue weighted by Crippen LogP contribution is -2.31. The van der Waals surface area contributed by atoms with Gasteiger partial charge in [-0.2, -0.15) is 0 Å². The Morgan fingerprint density at radius 3 is 2.53 bits per heavy atom. The van der Waals surface area contributed by atoms with Gasteiger partial charge >= 0.3 is 0 Å². The van der Waals surface area contributed by atoms with Crippen LogP contribution in [0.1, 0.15) is 26.3 Å². The van der Waals surface area contributed by atoms with Gasteiger partial charge in [0, 0.05) is 11.0 Å². The zero-order valence-electron chi connectivity index (χ0n) is 11.1. The van der Waals surface area contributed by atoms with E-state index in [2.05, 4.69) is 55.0 Å². The number of benzene rings is 1. The van der Waals surface area contributed by atoms with Crippen LogP contribution in [0.25, 0.3) is 0 Å². The maximum absolute atomic E-state index is 5.90. The van der Waals surface area contributed by atoms with Crippen LogP contribution in [0.5, 0.6) is 5.75 Å². The average Bonchev–Trinajstić information content (AvgIpc) is 2.21. The molecule has 1 aromatic carbocycles. The molecule has 96 valence electrons. The van der Waals surface area contributed by atoms with Gasteiger partial charge in [0.2, 0.25) is 0 Å². The third-order valence-electron chi connectivity index (χ3n) is 2.45. The predicted molar refractivity (Wildman–Crippen MR) is 76.7 cm³/mol. The molecule has 0 saturated carbocycles. The van der Waals surface area contributed by atoms with E-state index in [0.29, 0.717) is 5.92 Å². The Morgan fingerprint density at radius 2 is 1.94 bits per heavy atom. The highest BCUT2D eigenvalue weighted by Crippen LogP contribution is 2.22. The van der Waals surface area contributed by atoms with Crippen molar-refractivity contribution >= 4 is 15.9 Å². The molecule has 0 bridgehead atoms. The molecule has 0 amide bonds. The summed E-state index contributed by atoms with van der Waals surface area (Å²) < 4.78 is 6.99. The molecule has 17 heavy (non-hydrogen) atoms. The third-order valence-corrected chi connectivity index (χ3v) is 2.94. The monoisotopic (exact) mass is 299 g/mol. The number of hydrogen-bond acceptors (Lipinski definition) is 2. The lowest BCUT2D eigenvalue weighted by molar-refractivity contribution is 0.214. The van der Waals surface area contributed by atoms with Gasteiger partial charge in [-0.25, -0.2) is 0 Å². The molecule has 1 aromatic rings. The van der Waals surface area contributed by atoms with Crippen LogP contribution >= 0.6 is 15.9 Å². The van der Waals surface area contributed by atoms with Crippen molar-refractivity contribution in [2.75, 3.05) is 13.1 Å². The lowest BCUT2D eigenvalue weighted by Gasteiger charge is -2.17. The molecule has 0 heterocycles. The Morgan fingerprint density at radius 1 is 1.24 bits per heavy atom. The summed E-state index contributed by atoms with van der Waals surface area (Å²) >= 11 is 3.45. The number of ether oxygens (including phenoxy) is 1. The third kappa shape index (κ3) is 5.55. The SMILES string of the molecule is Cc1cc(Br)ccc1OC(C)CNCC(C)C. The smallest absolute Gasteiger partial charge is 0.122 e. The van der Waals surface area contributed by atoms with Crippen LogP contribution in [-0.2, 0) is 0 Å². The molecule has 1 rings (SSSR count).